The summed E-state index contributed by atoms with van der Waals surface area (Å²) in [4.78, 5) is 14.4. The maximum absolute atomic E-state index is 12.5. The number of nitrogens with zero attached hydrogens (tertiary/aromatic N) is 1. The molecule has 1 aliphatic heterocycles. The number of hydrogen-bond donors (Lipinski definition) is 1. The molecule has 28 heavy (non-hydrogen) atoms. The van der Waals surface area contributed by atoms with Gasteiger partial charge >= 0.3 is 6.03 Å². The molecule has 0 atom stereocenters. The van der Waals surface area contributed by atoms with E-state index in [9.17, 15) is 4.79 Å². The van der Waals surface area contributed by atoms with Gasteiger partial charge in [0.05, 0.1) is 7.11 Å². The second kappa shape index (κ2) is 8.68. The van der Waals surface area contributed by atoms with Gasteiger partial charge in [-0.15, -0.1) is 0 Å². The Balaban J connectivity index is 1.47. The van der Waals surface area contributed by atoms with Crippen LogP contribution in [-0.4, -0.2) is 31.1 Å². The molecule has 1 N–H and O–H groups in total. The molecular formula is C24H32N2O2. The van der Waals surface area contributed by atoms with Crippen molar-refractivity contribution in [2.24, 2.45) is 5.92 Å². The summed E-state index contributed by atoms with van der Waals surface area (Å²) < 4.78 is 5.15. The number of benzene rings is 2. The summed E-state index contributed by atoms with van der Waals surface area (Å²) in [6.07, 6.45) is 3.20. The summed E-state index contributed by atoms with van der Waals surface area (Å²) in [5, 5.41) is 2.98. The van der Waals surface area contributed by atoms with Gasteiger partial charge in [0, 0.05) is 18.8 Å². The highest BCUT2D eigenvalue weighted by Crippen LogP contribution is 2.26. The van der Waals surface area contributed by atoms with Crippen molar-refractivity contribution in [3.05, 3.63) is 59.7 Å². The summed E-state index contributed by atoms with van der Waals surface area (Å²) in [5.41, 5.74) is 3.77. The molecule has 2 amide bonds. The van der Waals surface area contributed by atoms with Crippen LogP contribution < -0.4 is 10.1 Å². The Bertz CT molecular complexity index is 768. The molecule has 0 aliphatic carbocycles. The minimum atomic E-state index is -0.0156. The number of methoxy groups -OCH3 is 1. The molecule has 0 unspecified atom stereocenters. The van der Waals surface area contributed by atoms with Crippen LogP contribution in [0.1, 0.15) is 44.7 Å². The molecule has 1 fully saturated rings. The quantitative estimate of drug-likeness (QED) is 0.763. The minimum Gasteiger partial charge on any atom is -0.497 e. The number of amides is 2. The predicted octanol–water partition coefficient (Wildman–Crippen LogP) is 5.48. The molecule has 2 aromatic carbocycles. The SMILES string of the molecule is COc1ccc(NC(=O)N2CCC(Cc3ccc(C(C)(C)C)cc3)CC2)cc1. The van der Waals surface area contributed by atoms with E-state index in [2.05, 4.69) is 50.4 Å². The second-order valence-electron chi connectivity index (χ2n) is 8.74. The van der Waals surface area contributed by atoms with Gasteiger partial charge in [-0.1, -0.05) is 45.0 Å². The highest BCUT2D eigenvalue weighted by atomic mass is 16.5. The second-order valence-corrected chi connectivity index (χ2v) is 8.74. The lowest BCUT2D eigenvalue weighted by atomic mass is 9.85. The van der Waals surface area contributed by atoms with Crippen LogP contribution in [-0.2, 0) is 11.8 Å². The van der Waals surface area contributed by atoms with E-state index < -0.39 is 0 Å². The number of carbonyl (C=O) groups is 1. The fourth-order valence-electron chi connectivity index (χ4n) is 3.69. The fourth-order valence-corrected chi connectivity index (χ4v) is 3.69. The zero-order valence-corrected chi connectivity index (χ0v) is 17.5. The van der Waals surface area contributed by atoms with Crippen LogP contribution in [0, 0.1) is 5.92 Å². The molecule has 3 rings (SSSR count). The number of urea groups is 1. The highest BCUT2D eigenvalue weighted by molar-refractivity contribution is 5.89. The zero-order chi connectivity index (χ0) is 20.1. The van der Waals surface area contributed by atoms with Gasteiger partial charge in [0.1, 0.15) is 5.75 Å². The van der Waals surface area contributed by atoms with Gasteiger partial charge in [0.15, 0.2) is 0 Å². The minimum absolute atomic E-state index is 0.0156. The Morgan fingerprint density at radius 1 is 1.04 bits per heavy atom. The highest BCUT2D eigenvalue weighted by Gasteiger charge is 2.23. The lowest BCUT2D eigenvalue weighted by molar-refractivity contribution is 0.182. The standard InChI is InChI=1S/C24H32N2O2/c1-24(2,3)20-7-5-18(6-8-20)17-19-13-15-26(16-14-19)23(27)25-21-9-11-22(28-4)12-10-21/h5-12,19H,13-17H2,1-4H3,(H,25,27). The third-order valence-electron chi connectivity index (χ3n) is 5.59. The molecular weight excluding hydrogens is 348 g/mol. The predicted molar refractivity (Wildman–Crippen MR) is 115 cm³/mol. The van der Waals surface area contributed by atoms with Crippen molar-refractivity contribution in [3.63, 3.8) is 0 Å². The average molecular weight is 381 g/mol. The average Bonchev–Trinajstić information content (AvgIpc) is 2.69. The molecule has 0 radical (unpaired) electrons. The van der Waals surface area contributed by atoms with Crippen LogP contribution in [0.3, 0.4) is 0 Å². The van der Waals surface area contributed by atoms with Gasteiger partial charge in [-0.05, 0) is 66.0 Å². The van der Waals surface area contributed by atoms with Crippen molar-refractivity contribution in [1.29, 1.82) is 0 Å². The summed E-state index contributed by atoms with van der Waals surface area (Å²) >= 11 is 0. The van der Waals surface area contributed by atoms with Crippen LogP contribution in [0.4, 0.5) is 10.5 Å². The van der Waals surface area contributed by atoms with Crippen molar-refractivity contribution in [2.45, 2.75) is 45.4 Å². The van der Waals surface area contributed by atoms with E-state index >= 15 is 0 Å². The molecule has 0 spiro atoms. The molecule has 1 heterocycles. The van der Waals surface area contributed by atoms with Crippen molar-refractivity contribution in [2.75, 3.05) is 25.5 Å². The fraction of sp³-hybridized carbons (Fsp3) is 0.458. The van der Waals surface area contributed by atoms with Crippen LogP contribution in [0.2, 0.25) is 0 Å². The molecule has 4 nitrogen and oxygen atoms in total. The third kappa shape index (κ3) is 5.28. The van der Waals surface area contributed by atoms with Crippen molar-refractivity contribution in [1.82, 2.24) is 4.90 Å². The van der Waals surface area contributed by atoms with Crippen molar-refractivity contribution < 1.29 is 9.53 Å². The first-order valence-electron chi connectivity index (χ1n) is 10.1. The molecule has 2 aromatic rings. The third-order valence-corrected chi connectivity index (χ3v) is 5.59. The van der Waals surface area contributed by atoms with Gasteiger partial charge in [-0.3, -0.25) is 0 Å². The van der Waals surface area contributed by atoms with Crippen LogP contribution in [0.5, 0.6) is 5.75 Å². The van der Waals surface area contributed by atoms with E-state index in [-0.39, 0.29) is 11.4 Å². The Morgan fingerprint density at radius 3 is 2.18 bits per heavy atom. The topological polar surface area (TPSA) is 41.6 Å². The Morgan fingerprint density at radius 2 is 1.64 bits per heavy atom. The normalized spacial score (nSPS) is 15.4. The van der Waals surface area contributed by atoms with Crippen LogP contribution in [0.25, 0.3) is 0 Å². The Kier molecular flexibility index (Phi) is 6.28. The lowest BCUT2D eigenvalue weighted by Gasteiger charge is -2.32. The number of nitrogens with one attached hydrogen (secondary N) is 1. The van der Waals surface area contributed by atoms with Gasteiger partial charge in [-0.2, -0.15) is 0 Å². The number of anilines is 1. The largest absolute Gasteiger partial charge is 0.497 e. The van der Waals surface area contributed by atoms with Gasteiger partial charge in [0.2, 0.25) is 0 Å². The van der Waals surface area contributed by atoms with Crippen LogP contribution in [0.15, 0.2) is 48.5 Å². The van der Waals surface area contributed by atoms with E-state index in [1.54, 1.807) is 7.11 Å². The number of hydrogen-bond acceptors (Lipinski definition) is 2. The Hall–Kier alpha value is -2.49. The Labute approximate surface area is 168 Å². The summed E-state index contributed by atoms with van der Waals surface area (Å²) in [6, 6.07) is 16.5. The first kappa shape index (κ1) is 20.2. The summed E-state index contributed by atoms with van der Waals surface area (Å²) in [5.74, 6) is 1.43. The molecule has 150 valence electrons. The van der Waals surface area contributed by atoms with E-state index in [4.69, 9.17) is 4.74 Å². The lowest BCUT2D eigenvalue weighted by Crippen LogP contribution is -2.41. The molecule has 0 bridgehead atoms. The first-order valence-corrected chi connectivity index (χ1v) is 10.1. The number of carbonyl (C=O) groups excluding carboxylic acids is 1. The van der Waals surface area contributed by atoms with E-state index in [1.807, 2.05) is 29.2 Å². The number of rotatable bonds is 4. The van der Waals surface area contributed by atoms with Gasteiger partial charge in [-0.25, -0.2) is 4.79 Å². The number of piperidine rings is 1. The zero-order valence-electron chi connectivity index (χ0n) is 17.5. The van der Waals surface area contributed by atoms with Crippen molar-refractivity contribution >= 4 is 11.7 Å². The van der Waals surface area contributed by atoms with E-state index in [0.29, 0.717) is 5.92 Å². The molecule has 1 aliphatic rings. The summed E-state index contributed by atoms with van der Waals surface area (Å²) in [6.45, 7) is 8.36. The molecule has 1 saturated heterocycles. The van der Waals surface area contributed by atoms with Gasteiger partial charge < -0.3 is 15.0 Å². The van der Waals surface area contributed by atoms with Crippen LogP contribution >= 0.6 is 0 Å². The van der Waals surface area contributed by atoms with Gasteiger partial charge in [0.25, 0.3) is 0 Å². The molecule has 4 heteroatoms. The van der Waals surface area contributed by atoms with Crippen molar-refractivity contribution in [3.8, 4) is 5.75 Å². The monoisotopic (exact) mass is 380 g/mol. The molecule has 0 aromatic heterocycles. The summed E-state index contributed by atoms with van der Waals surface area (Å²) in [7, 11) is 1.64. The number of ether oxygens (including phenoxy) is 1. The maximum Gasteiger partial charge on any atom is 0.321 e. The first-order chi connectivity index (χ1) is 13.3. The van der Waals surface area contributed by atoms with E-state index in [1.165, 1.54) is 11.1 Å². The molecule has 0 saturated carbocycles. The van der Waals surface area contributed by atoms with E-state index in [0.717, 1.165) is 43.8 Å². The maximum atomic E-state index is 12.5. The number of likely N-dealkylation sites (tertiary alicyclic amines) is 1. The smallest absolute Gasteiger partial charge is 0.321 e.